The number of nitrogens with zero attached hydrogens (tertiary/aromatic N) is 4. The minimum atomic E-state index is -0.185. The van der Waals surface area contributed by atoms with Gasteiger partial charge in [0.05, 0.1) is 5.69 Å². The van der Waals surface area contributed by atoms with E-state index in [0.717, 1.165) is 67.0 Å². The van der Waals surface area contributed by atoms with Gasteiger partial charge < -0.3 is 15.5 Å². The molecular formula is C25H34N6O2S. The molecule has 0 atom stereocenters. The van der Waals surface area contributed by atoms with E-state index in [1.54, 1.807) is 40.9 Å². The molecule has 34 heavy (non-hydrogen) atoms. The third kappa shape index (κ3) is 5.89. The number of piperazine rings is 1. The molecule has 0 aliphatic carbocycles. The molecule has 1 fully saturated rings. The Labute approximate surface area is 206 Å². The summed E-state index contributed by atoms with van der Waals surface area (Å²) in [5, 5.41) is 6.87. The van der Waals surface area contributed by atoms with Crippen LogP contribution in [0.1, 0.15) is 28.5 Å². The highest BCUT2D eigenvalue weighted by Gasteiger charge is 2.26. The summed E-state index contributed by atoms with van der Waals surface area (Å²) < 4.78 is 0. The van der Waals surface area contributed by atoms with Crippen LogP contribution in [0.25, 0.3) is 0 Å². The van der Waals surface area contributed by atoms with Crippen molar-refractivity contribution in [3.63, 3.8) is 0 Å². The predicted molar refractivity (Wildman–Crippen MR) is 138 cm³/mol. The van der Waals surface area contributed by atoms with Crippen LogP contribution < -0.4 is 15.5 Å². The van der Waals surface area contributed by atoms with Gasteiger partial charge in [-0.05, 0) is 56.3 Å². The first-order valence-corrected chi connectivity index (χ1v) is 13.0. The van der Waals surface area contributed by atoms with Gasteiger partial charge in [0.1, 0.15) is 5.03 Å². The molecule has 3 heterocycles. The monoisotopic (exact) mass is 482 g/mol. The number of aryl methyl sites for hydroxylation is 2. The van der Waals surface area contributed by atoms with E-state index in [0.29, 0.717) is 24.3 Å². The average Bonchev–Trinajstić information content (AvgIpc) is 2.84. The molecule has 2 N–H and O–H groups in total. The third-order valence-electron chi connectivity index (χ3n) is 6.37. The van der Waals surface area contributed by atoms with Crippen molar-refractivity contribution in [1.29, 1.82) is 0 Å². The molecule has 0 bridgehead atoms. The number of nitrogens with one attached hydrogen (secondary N) is 2. The zero-order chi connectivity index (χ0) is 24.1. The molecule has 0 saturated carbocycles. The first kappa shape index (κ1) is 24.5. The Kier molecular flexibility index (Phi) is 8.07. The number of urea groups is 1. The van der Waals surface area contributed by atoms with Gasteiger partial charge in [-0.2, -0.15) is 0 Å². The number of amides is 3. The van der Waals surface area contributed by atoms with Crippen LogP contribution in [-0.4, -0.2) is 84.8 Å². The summed E-state index contributed by atoms with van der Waals surface area (Å²) in [6.07, 6.45) is 0. The van der Waals surface area contributed by atoms with Crippen LogP contribution in [0.2, 0.25) is 0 Å². The number of benzene rings is 1. The maximum absolute atomic E-state index is 13.0. The zero-order valence-corrected chi connectivity index (χ0v) is 21.1. The molecule has 182 valence electrons. The SMILES string of the molecule is CCN1CCN(CCNC(=O)c2ccc(NC(=O)N3CCSc4nc(C)cc(C)c43)cc2)CC1. The number of hydrogen-bond donors (Lipinski definition) is 2. The topological polar surface area (TPSA) is 80.8 Å². The van der Waals surface area contributed by atoms with Crippen molar-refractivity contribution >= 4 is 35.1 Å². The molecule has 1 aromatic carbocycles. The highest BCUT2D eigenvalue weighted by Crippen LogP contribution is 2.36. The number of hydrogen-bond acceptors (Lipinski definition) is 6. The molecule has 3 amide bonds. The van der Waals surface area contributed by atoms with Crippen LogP contribution in [0.3, 0.4) is 0 Å². The molecule has 2 aliphatic heterocycles. The van der Waals surface area contributed by atoms with Crippen molar-refractivity contribution in [2.75, 3.05) is 68.3 Å². The van der Waals surface area contributed by atoms with Crippen molar-refractivity contribution in [1.82, 2.24) is 20.1 Å². The van der Waals surface area contributed by atoms with Gasteiger partial charge in [-0.3, -0.25) is 14.6 Å². The number of anilines is 2. The van der Waals surface area contributed by atoms with Crippen molar-refractivity contribution in [2.24, 2.45) is 0 Å². The van der Waals surface area contributed by atoms with Gasteiger partial charge in [0.15, 0.2) is 0 Å². The average molecular weight is 483 g/mol. The van der Waals surface area contributed by atoms with E-state index < -0.39 is 0 Å². The van der Waals surface area contributed by atoms with Gasteiger partial charge in [-0.1, -0.05) is 6.92 Å². The predicted octanol–water partition coefficient (Wildman–Crippen LogP) is 3.21. The van der Waals surface area contributed by atoms with Crippen molar-refractivity contribution in [3.05, 3.63) is 47.2 Å². The van der Waals surface area contributed by atoms with E-state index in [1.807, 2.05) is 19.9 Å². The maximum atomic E-state index is 13.0. The molecule has 0 spiro atoms. The number of aromatic nitrogens is 1. The van der Waals surface area contributed by atoms with E-state index in [-0.39, 0.29) is 11.9 Å². The number of carbonyl (C=O) groups is 2. The fourth-order valence-electron chi connectivity index (χ4n) is 4.43. The Morgan fingerprint density at radius 2 is 1.74 bits per heavy atom. The highest BCUT2D eigenvalue weighted by atomic mass is 32.2. The molecule has 2 aliphatic rings. The lowest BCUT2D eigenvalue weighted by atomic mass is 10.2. The Morgan fingerprint density at radius 1 is 1.03 bits per heavy atom. The normalized spacial score (nSPS) is 16.7. The van der Waals surface area contributed by atoms with E-state index in [9.17, 15) is 9.59 Å². The molecule has 2 aromatic rings. The van der Waals surface area contributed by atoms with Crippen LogP contribution in [0, 0.1) is 13.8 Å². The second-order valence-corrected chi connectivity index (χ2v) is 9.86. The summed E-state index contributed by atoms with van der Waals surface area (Å²) in [6.45, 7) is 13.7. The molecule has 1 aromatic heterocycles. The second kappa shape index (κ2) is 11.2. The largest absolute Gasteiger partial charge is 0.351 e. The molecule has 8 nitrogen and oxygen atoms in total. The lowest BCUT2D eigenvalue weighted by molar-refractivity contribution is 0.0938. The van der Waals surface area contributed by atoms with E-state index in [1.165, 1.54) is 0 Å². The number of carbonyl (C=O) groups excluding carboxylic acids is 2. The molecule has 0 radical (unpaired) electrons. The molecule has 1 saturated heterocycles. The maximum Gasteiger partial charge on any atom is 0.326 e. The lowest BCUT2D eigenvalue weighted by Gasteiger charge is -2.33. The Bertz CT molecular complexity index is 1020. The van der Waals surface area contributed by atoms with Crippen LogP contribution in [0.15, 0.2) is 35.4 Å². The third-order valence-corrected chi connectivity index (χ3v) is 7.32. The van der Waals surface area contributed by atoms with E-state index >= 15 is 0 Å². The standard InChI is InChI=1S/C25H34N6O2S/c1-4-29-11-13-30(14-12-29)10-9-26-23(32)20-5-7-21(8-6-20)28-25(33)31-15-16-34-24-22(31)18(2)17-19(3)27-24/h5-8,17H,4,9-16H2,1-3H3,(H,26,32)(H,28,33). The lowest BCUT2D eigenvalue weighted by Crippen LogP contribution is -2.48. The number of thioether (sulfide) groups is 1. The summed E-state index contributed by atoms with van der Waals surface area (Å²) in [5.74, 6) is 0.716. The first-order chi connectivity index (χ1) is 16.4. The Morgan fingerprint density at radius 3 is 2.44 bits per heavy atom. The summed E-state index contributed by atoms with van der Waals surface area (Å²) >= 11 is 1.68. The summed E-state index contributed by atoms with van der Waals surface area (Å²) in [7, 11) is 0. The van der Waals surface area contributed by atoms with Gasteiger partial charge in [-0.15, -0.1) is 11.8 Å². The first-order valence-electron chi connectivity index (χ1n) is 12.0. The van der Waals surface area contributed by atoms with Crippen LogP contribution >= 0.6 is 11.8 Å². The van der Waals surface area contributed by atoms with E-state index in [4.69, 9.17) is 0 Å². The van der Waals surface area contributed by atoms with Crippen molar-refractivity contribution in [2.45, 2.75) is 25.8 Å². The number of fused-ring (bicyclic) bond motifs is 1. The summed E-state index contributed by atoms with van der Waals surface area (Å²) in [5.41, 5.74) is 4.13. The Hall–Kier alpha value is -2.62. The van der Waals surface area contributed by atoms with Crippen molar-refractivity contribution < 1.29 is 9.59 Å². The smallest absolute Gasteiger partial charge is 0.326 e. The van der Waals surface area contributed by atoms with Gasteiger partial charge in [-0.25, -0.2) is 9.78 Å². The zero-order valence-electron chi connectivity index (χ0n) is 20.3. The number of likely N-dealkylation sites (N-methyl/N-ethyl adjacent to an activating group) is 1. The van der Waals surface area contributed by atoms with Crippen molar-refractivity contribution in [3.8, 4) is 0 Å². The quantitative estimate of drug-likeness (QED) is 0.658. The van der Waals surface area contributed by atoms with Gasteiger partial charge in [0.25, 0.3) is 5.91 Å². The fourth-order valence-corrected chi connectivity index (χ4v) is 5.51. The molecule has 4 rings (SSSR count). The Balaban J connectivity index is 1.29. The minimum absolute atomic E-state index is 0.0934. The van der Waals surface area contributed by atoms with Gasteiger partial charge in [0.2, 0.25) is 0 Å². The summed E-state index contributed by atoms with van der Waals surface area (Å²) in [4.78, 5) is 36.7. The fraction of sp³-hybridized carbons (Fsp3) is 0.480. The number of pyridine rings is 1. The molecular weight excluding hydrogens is 448 g/mol. The van der Waals surface area contributed by atoms with Crippen LogP contribution in [0.4, 0.5) is 16.2 Å². The minimum Gasteiger partial charge on any atom is -0.351 e. The van der Waals surface area contributed by atoms with Crippen LogP contribution in [-0.2, 0) is 0 Å². The van der Waals surface area contributed by atoms with Gasteiger partial charge >= 0.3 is 6.03 Å². The van der Waals surface area contributed by atoms with Crippen LogP contribution in [0.5, 0.6) is 0 Å². The number of rotatable bonds is 6. The van der Waals surface area contributed by atoms with E-state index in [2.05, 4.69) is 32.3 Å². The summed E-state index contributed by atoms with van der Waals surface area (Å²) in [6, 6.07) is 8.87. The molecule has 0 unspecified atom stereocenters. The van der Waals surface area contributed by atoms with Gasteiger partial charge in [0, 0.05) is 68.5 Å². The molecule has 9 heteroatoms. The highest BCUT2D eigenvalue weighted by molar-refractivity contribution is 7.99. The second-order valence-electron chi connectivity index (χ2n) is 8.77.